The maximum atomic E-state index is 12.3. The fourth-order valence-corrected chi connectivity index (χ4v) is 4.00. The highest BCUT2D eigenvalue weighted by atomic mass is 32.1. The Kier molecular flexibility index (Phi) is 5.43. The summed E-state index contributed by atoms with van der Waals surface area (Å²) in [6.07, 6.45) is 2.93. The van der Waals surface area contributed by atoms with Crippen LogP contribution in [0.1, 0.15) is 31.4 Å². The molecule has 1 saturated carbocycles. The number of esters is 1. The normalized spacial score (nSPS) is 15.3. The zero-order valence-electron chi connectivity index (χ0n) is 14.8. The molecular weight excluding hydrogens is 352 g/mol. The van der Waals surface area contributed by atoms with Crippen molar-refractivity contribution < 1.29 is 19.0 Å². The molecule has 0 spiro atoms. The van der Waals surface area contributed by atoms with E-state index in [1.54, 1.807) is 14.2 Å². The Bertz CT molecular complexity index is 834. The van der Waals surface area contributed by atoms with Crippen molar-refractivity contribution in [2.24, 2.45) is 5.41 Å². The third kappa shape index (κ3) is 3.37. The van der Waals surface area contributed by atoms with Gasteiger partial charge in [0, 0.05) is 5.38 Å². The number of para-hydroxylation sites is 1. The van der Waals surface area contributed by atoms with E-state index in [-0.39, 0.29) is 6.61 Å². The minimum Gasteiger partial charge on any atom is -0.493 e. The fourth-order valence-electron chi connectivity index (χ4n) is 3.17. The number of carbonyl (C=O) groups excluding carboxylic acids is 1. The van der Waals surface area contributed by atoms with Crippen LogP contribution in [0, 0.1) is 16.7 Å². The molecule has 0 aliphatic heterocycles. The van der Waals surface area contributed by atoms with Crippen LogP contribution < -0.4 is 9.47 Å². The van der Waals surface area contributed by atoms with Gasteiger partial charge in [-0.1, -0.05) is 18.9 Å². The number of nitriles is 1. The Hall–Kier alpha value is -2.59. The molecule has 136 valence electrons. The van der Waals surface area contributed by atoms with Gasteiger partial charge in [-0.05, 0) is 25.0 Å². The first kappa shape index (κ1) is 18.2. The number of methoxy groups -OCH3 is 2. The standard InChI is InChI=1S/C19H20N2O4S/c1-23-15-7-5-6-14(16(15)24-2)17-21-13(11-26-17)10-25-18(22)19(12-20)8-3-4-9-19/h5-7,11H,3-4,8-10H2,1-2H3. The van der Waals surface area contributed by atoms with Crippen LogP contribution in [0.5, 0.6) is 11.5 Å². The van der Waals surface area contributed by atoms with E-state index in [0.29, 0.717) is 30.0 Å². The van der Waals surface area contributed by atoms with Gasteiger partial charge in [0.1, 0.15) is 11.6 Å². The molecule has 0 amide bonds. The van der Waals surface area contributed by atoms with Gasteiger partial charge in [-0.25, -0.2) is 4.98 Å². The van der Waals surface area contributed by atoms with E-state index in [4.69, 9.17) is 14.2 Å². The largest absolute Gasteiger partial charge is 0.493 e. The van der Waals surface area contributed by atoms with Gasteiger partial charge in [0.15, 0.2) is 16.9 Å². The number of rotatable bonds is 6. The van der Waals surface area contributed by atoms with Gasteiger partial charge in [-0.2, -0.15) is 5.26 Å². The Morgan fingerprint density at radius 3 is 2.73 bits per heavy atom. The lowest BCUT2D eigenvalue weighted by Gasteiger charge is -2.17. The average Bonchev–Trinajstić information content (AvgIpc) is 3.35. The van der Waals surface area contributed by atoms with Gasteiger partial charge in [0.2, 0.25) is 0 Å². The third-order valence-corrected chi connectivity index (χ3v) is 5.52. The molecule has 0 radical (unpaired) electrons. The molecule has 0 atom stereocenters. The zero-order chi connectivity index (χ0) is 18.6. The Labute approximate surface area is 156 Å². The molecular formula is C19H20N2O4S. The molecule has 3 rings (SSSR count). The van der Waals surface area contributed by atoms with Crippen LogP contribution in [-0.4, -0.2) is 25.2 Å². The molecule has 0 bridgehead atoms. The Morgan fingerprint density at radius 1 is 1.31 bits per heavy atom. The second-order valence-electron chi connectivity index (χ2n) is 6.16. The molecule has 1 aromatic heterocycles. The summed E-state index contributed by atoms with van der Waals surface area (Å²) in [5.74, 6) is 0.804. The second-order valence-corrected chi connectivity index (χ2v) is 7.02. The summed E-state index contributed by atoms with van der Waals surface area (Å²) in [5, 5.41) is 11.9. The lowest BCUT2D eigenvalue weighted by Crippen LogP contribution is -2.28. The quantitative estimate of drug-likeness (QED) is 0.714. The van der Waals surface area contributed by atoms with Crippen molar-refractivity contribution >= 4 is 17.3 Å². The van der Waals surface area contributed by atoms with Crippen LogP contribution >= 0.6 is 11.3 Å². The summed E-state index contributed by atoms with van der Waals surface area (Å²) in [7, 11) is 3.17. The molecule has 1 fully saturated rings. The molecule has 0 N–H and O–H groups in total. The molecule has 7 heteroatoms. The molecule has 1 aromatic carbocycles. The second kappa shape index (κ2) is 7.75. The van der Waals surface area contributed by atoms with Crippen molar-refractivity contribution in [3.05, 3.63) is 29.3 Å². The highest BCUT2D eigenvalue weighted by Crippen LogP contribution is 2.40. The number of carbonyl (C=O) groups is 1. The van der Waals surface area contributed by atoms with Crippen LogP contribution in [0.25, 0.3) is 10.6 Å². The lowest BCUT2D eigenvalue weighted by atomic mass is 9.88. The van der Waals surface area contributed by atoms with E-state index in [0.717, 1.165) is 23.4 Å². The number of hydrogen-bond donors (Lipinski definition) is 0. The van der Waals surface area contributed by atoms with E-state index < -0.39 is 11.4 Å². The smallest absolute Gasteiger partial charge is 0.326 e. The molecule has 26 heavy (non-hydrogen) atoms. The van der Waals surface area contributed by atoms with Gasteiger partial charge in [0.05, 0.1) is 31.5 Å². The van der Waals surface area contributed by atoms with Crippen LogP contribution in [-0.2, 0) is 16.1 Å². The zero-order valence-corrected chi connectivity index (χ0v) is 15.6. The number of thiazole rings is 1. The minimum absolute atomic E-state index is 0.0606. The van der Waals surface area contributed by atoms with E-state index >= 15 is 0 Å². The highest BCUT2D eigenvalue weighted by molar-refractivity contribution is 7.13. The predicted molar refractivity (Wildman–Crippen MR) is 97.0 cm³/mol. The van der Waals surface area contributed by atoms with Gasteiger partial charge in [0.25, 0.3) is 0 Å². The van der Waals surface area contributed by atoms with Crippen LogP contribution in [0.15, 0.2) is 23.6 Å². The highest BCUT2D eigenvalue weighted by Gasteiger charge is 2.43. The van der Waals surface area contributed by atoms with Crippen molar-refractivity contribution in [3.8, 4) is 28.1 Å². The van der Waals surface area contributed by atoms with E-state index in [1.165, 1.54) is 11.3 Å². The van der Waals surface area contributed by atoms with Crippen molar-refractivity contribution in [1.29, 1.82) is 5.26 Å². The Morgan fingerprint density at radius 2 is 2.08 bits per heavy atom. The molecule has 0 unspecified atom stereocenters. The number of aromatic nitrogens is 1. The molecule has 0 saturated heterocycles. The predicted octanol–water partition coefficient (Wildman–Crippen LogP) is 3.95. The van der Waals surface area contributed by atoms with Gasteiger partial charge < -0.3 is 14.2 Å². The molecule has 1 aliphatic rings. The van der Waals surface area contributed by atoms with E-state index in [2.05, 4.69) is 11.1 Å². The maximum absolute atomic E-state index is 12.3. The summed E-state index contributed by atoms with van der Waals surface area (Å²) in [6, 6.07) is 7.74. The third-order valence-electron chi connectivity index (χ3n) is 4.60. The van der Waals surface area contributed by atoms with Crippen molar-refractivity contribution in [1.82, 2.24) is 4.98 Å². The lowest BCUT2D eigenvalue weighted by molar-refractivity contribution is -0.153. The van der Waals surface area contributed by atoms with Crippen molar-refractivity contribution in [2.75, 3.05) is 14.2 Å². The molecule has 1 heterocycles. The average molecular weight is 372 g/mol. The van der Waals surface area contributed by atoms with Crippen molar-refractivity contribution in [2.45, 2.75) is 32.3 Å². The summed E-state index contributed by atoms with van der Waals surface area (Å²) in [4.78, 5) is 16.9. The molecule has 6 nitrogen and oxygen atoms in total. The van der Waals surface area contributed by atoms with Crippen LogP contribution in [0.3, 0.4) is 0 Å². The number of hydrogen-bond acceptors (Lipinski definition) is 7. The topological polar surface area (TPSA) is 81.4 Å². The van der Waals surface area contributed by atoms with Crippen LogP contribution in [0.4, 0.5) is 0 Å². The SMILES string of the molecule is COc1cccc(-c2nc(COC(=O)C3(C#N)CCCC3)cs2)c1OC. The van der Waals surface area contributed by atoms with Gasteiger partial charge in [-0.3, -0.25) is 4.79 Å². The summed E-state index contributed by atoms with van der Waals surface area (Å²) in [5.41, 5.74) is 0.488. The van der Waals surface area contributed by atoms with Crippen molar-refractivity contribution in [3.63, 3.8) is 0 Å². The number of benzene rings is 1. The van der Waals surface area contributed by atoms with E-state index in [1.807, 2.05) is 23.6 Å². The number of ether oxygens (including phenoxy) is 3. The van der Waals surface area contributed by atoms with Crippen LogP contribution in [0.2, 0.25) is 0 Å². The maximum Gasteiger partial charge on any atom is 0.326 e. The first-order chi connectivity index (χ1) is 12.6. The molecule has 1 aliphatic carbocycles. The Balaban J connectivity index is 1.73. The summed E-state index contributed by atoms with van der Waals surface area (Å²) in [6.45, 7) is 0.0606. The van der Waals surface area contributed by atoms with Gasteiger partial charge >= 0.3 is 5.97 Å². The first-order valence-electron chi connectivity index (χ1n) is 8.38. The monoisotopic (exact) mass is 372 g/mol. The summed E-state index contributed by atoms with van der Waals surface area (Å²) < 4.78 is 16.1. The van der Waals surface area contributed by atoms with E-state index in [9.17, 15) is 10.1 Å². The van der Waals surface area contributed by atoms with Gasteiger partial charge in [-0.15, -0.1) is 11.3 Å². The first-order valence-corrected chi connectivity index (χ1v) is 9.26. The summed E-state index contributed by atoms with van der Waals surface area (Å²) >= 11 is 1.44. The minimum atomic E-state index is -0.977. The number of nitrogens with zero attached hydrogens (tertiary/aromatic N) is 2. The fraction of sp³-hybridized carbons (Fsp3) is 0.421. The molecule has 2 aromatic rings.